The Morgan fingerprint density at radius 3 is 2.48 bits per heavy atom. The fraction of sp³-hybridized carbons (Fsp3) is 0.333. The first-order valence-corrected chi connectivity index (χ1v) is 14.8. The number of carbonyl (C=O) groups excluding carboxylic acids is 2. The first-order chi connectivity index (χ1) is 21.4. The molecule has 0 unspecified atom stereocenters. The standard InChI is InChI=1S/C33H37N7O4/c1-21-6-5-7-22(2)30(21)36-32(42)25-12-13-40-27(25)11-8-23-19-34-33(37-31(23)40)35-26-10-9-24(18-28(26)44-4)38-14-16-39(17-15-38)29(41)20-43-3/h5-7,9-10,12-13,18-19H,8,11,14-17,20H2,1-4H3,(H,36,42)(H,34,35,37). The average Bonchev–Trinajstić information content (AvgIpc) is 3.48. The van der Waals surface area contributed by atoms with E-state index in [0.29, 0.717) is 30.4 Å². The van der Waals surface area contributed by atoms with Crippen LogP contribution in [0.2, 0.25) is 0 Å². The van der Waals surface area contributed by atoms with Crippen LogP contribution in [0.3, 0.4) is 0 Å². The summed E-state index contributed by atoms with van der Waals surface area (Å²) in [5.41, 5.74) is 7.25. The lowest BCUT2D eigenvalue weighted by Crippen LogP contribution is -2.49. The normalized spacial score (nSPS) is 14.1. The van der Waals surface area contributed by atoms with E-state index >= 15 is 0 Å². The second kappa shape index (κ2) is 12.4. The lowest BCUT2D eigenvalue weighted by molar-refractivity contribution is -0.135. The monoisotopic (exact) mass is 595 g/mol. The number of hydrogen-bond donors (Lipinski definition) is 2. The molecule has 0 atom stereocenters. The van der Waals surface area contributed by atoms with Gasteiger partial charge in [0, 0.05) is 74.4 Å². The van der Waals surface area contributed by atoms with Gasteiger partial charge in [-0.15, -0.1) is 0 Å². The van der Waals surface area contributed by atoms with Gasteiger partial charge in [-0.2, -0.15) is 4.98 Å². The van der Waals surface area contributed by atoms with Gasteiger partial charge in [-0.05, 0) is 56.0 Å². The molecule has 2 aliphatic rings. The number of amides is 2. The molecule has 2 N–H and O–H groups in total. The van der Waals surface area contributed by atoms with E-state index in [1.807, 2.05) is 78.2 Å². The number of methoxy groups -OCH3 is 2. The summed E-state index contributed by atoms with van der Waals surface area (Å²) in [6.45, 7) is 6.84. The van der Waals surface area contributed by atoms with Crippen molar-refractivity contribution in [1.82, 2.24) is 19.4 Å². The molecule has 4 heterocycles. The Hall–Kier alpha value is -4.90. The first-order valence-electron chi connectivity index (χ1n) is 14.8. The van der Waals surface area contributed by atoms with Crippen LogP contribution >= 0.6 is 0 Å². The molecule has 2 aromatic carbocycles. The molecule has 2 amide bonds. The summed E-state index contributed by atoms with van der Waals surface area (Å²) in [6.07, 6.45) is 5.21. The zero-order valence-electron chi connectivity index (χ0n) is 25.5. The molecule has 2 aliphatic heterocycles. The van der Waals surface area contributed by atoms with Gasteiger partial charge in [0.15, 0.2) is 0 Å². The van der Waals surface area contributed by atoms with E-state index in [2.05, 4.69) is 20.5 Å². The Bertz CT molecular complexity index is 1690. The Morgan fingerprint density at radius 2 is 1.75 bits per heavy atom. The number of aryl methyl sites for hydroxylation is 3. The number of nitrogens with zero attached hydrogens (tertiary/aromatic N) is 5. The van der Waals surface area contributed by atoms with Gasteiger partial charge in [0.05, 0.1) is 18.4 Å². The van der Waals surface area contributed by atoms with Crippen molar-refractivity contribution in [2.75, 3.05) is 62.5 Å². The van der Waals surface area contributed by atoms with Crippen molar-refractivity contribution >= 4 is 34.8 Å². The van der Waals surface area contributed by atoms with Crippen molar-refractivity contribution < 1.29 is 19.1 Å². The zero-order chi connectivity index (χ0) is 30.8. The number of hydrogen-bond acceptors (Lipinski definition) is 8. The molecule has 0 spiro atoms. The Labute approximate surface area is 256 Å². The average molecular weight is 596 g/mol. The van der Waals surface area contributed by atoms with Gasteiger partial charge in [-0.25, -0.2) is 4.98 Å². The van der Waals surface area contributed by atoms with Crippen LogP contribution in [0.25, 0.3) is 5.82 Å². The number of piperazine rings is 1. The zero-order valence-corrected chi connectivity index (χ0v) is 25.5. The summed E-state index contributed by atoms with van der Waals surface area (Å²) in [6, 6.07) is 13.8. The molecule has 11 nitrogen and oxygen atoms in total. The largest absolute Gasteiger partial charge is 0.494 e. The topological polar surface area (TPSA) is 114 Å². The van der Waals surface area contributed by atoms with Gasteiger partial charge >= 0.3 is 0 Å². The number of ether oxygens (including phenoxy) is 2. The highest BCUT2D eigenvalue weighted by Gasteiger charge is 2.25. The van der Waals surface area contributed by atoms with E-state index in [4.69, 9.17) is 14.5 Å². The third-order valence-electron chi connectivity index (χ3n) is 8.35. The minimum absolute atomic E-state index is 0.0122. The van der Waals surface area contributed by atoms with Gasteiger partial charge in [0.2, 0.25) is 11.9 Å². The second-order valence-electron chi connectivity index (χ2n) is 11.1. The molecule has 228 valence electrons. The summed E-state index contributed by atoms with van der Waals surface area (Å²) in [5.74, 6) is 1.74. The second-order valence-corrected chi connectivity index (χ2v) is 11.1. The maximum atomic E-state index is 13.3. The molecule has 1 saturated heterocycles. The number of nitrogens with one attached hydrogen (secondary N) is 2. The number of rotatable bonds is 8. The molecule has 0 radical (unpaired) electrons. The van der Waals surface area contributed by atoms with Crippen molar-refractivity contribution in [3.63, 3.8) is 0 Å². The highest BCUT2D eigenvalue weighted by molar-refractivity contribution is 6.06. The molecule has 0 aliphatic carbocycles. The third kappa shape index (κ3) is 5.70. The number of carbonyl (C=O) groups is 2. The minimum atomic E-state index is -0.125. The van der Waals surface area contributed by atoms with Crippen LogP contribution in [0.1, 0.15) is 32.7 Å². The summed E-state index contributed by atoms with van der Waals surface area (Å²) < 4.78 is 12.7. The molecule has 0 saturated carbocycles. The van der Waals surface area contributed by atoms with Crippen molar-refractivity contribution in [2.45, 2.75) is 26.7 Å². The number of para-hydroxylation sites is 1. The van der Waals surface area contributed by atoms with E-state index in [9.17, 15) is 9.59 Å². The van der Waals surface area contributed by atoms with Crippen LogP contribution in [0.15, 0.2) is 54.9 Å². The number of anilines is 4. The van der Waals surface area contributed by atoms with E-state index in [-0.39, 0.29) is 18.4 Å². The Kier molecular flexibility index (Phi) is 8.21. The molecular weight excluding hydrogens is 558 g/mol. The summed E-state index contributed by atoms with van der Waals surface area (Å²) >= 11 is 0. The van der Waals surface area contributed by atoms with E-state index in [1.165, 1.54) is 7.11 Å². The van der Waals surface area contributed by atoms with Crippen LogP contribution in [0.5, 0.6) is 5.75 Å². The van der Waals surface area contributed by atoms with Gasteiger partial charge in [-0.1, -0.05) is 18.2 Å². The van der Waals surface area contributed by atoms with Gasteiger partial charge < -0.3 is 34.5 Å². The molecule has 6 rings (SSSR count). The van der Waals surface area contributed by atoms with Crippen LogP contribution < -0.4 is 20.3 Å². The predicted octanol–water partition coefficient (Wildman–Crippen LogP) is 4.28. The number of aromatic nitrogens is 3. The fourth-order valence-electron chi connectivity index (χ4n) is 5.94. The van der Waals surface area contributed by atoms with Gasteiger partial charge in [0.1, 0.15) is 18.2 Å². The van der Waals surface area contributed by atoms with Crippen molar-refractivity contribution in [3.05, 3.63) is 82.8 Å². The highest BCUT2D eigenvalue weighted by Crippen LogP contribution is 2.33. The van der Waals surface area contributed by atoms with Crippen molar-refractivity contribution in [2.24, 2.45) is 0 Å². The SMILES string of the molecule is COCC(=O)N1CCN(c2ccc(Nc3ncc4c(n3)-n3ccc(C(=O)Nc5c(C)cccc5C)c3CC4)c(OC)c2)CC1. The molecule has 1 fully saturated rings. The maximum absolute atomic E-state index is 13.3. The van der Waals surface area contributed by atoms with Crippen LogP contribution in [-0.2, 0) is 22.4 Å². The lowest BCUT2D eigenvalue weighted by Gasteiger charge is -2.36. The minimum Gasteiger partial charge on any atom is -0.494 e. The Balaban J connectivity index is 1.19. The predicted molar refractivity (Wildman–Crippen MR) is 170 cm³/mol. The van der Waals surface area contributed by atoms with Crippen LogP contribution in [0.4, 0.5) is 23.0 Å². The van der Waals surface area contributed by atoms with Crippen molar-refractivity contribution in [3.8, 4) is 11.6 Å². The third-order valence-corrected chi connectivity index (χ3v) is 8.35. The maximum Gasteiger partial charge on any atom is 0.257 e. The van der Waals surface area contributed by atoms with E-state index in [1.54, 1.807) is 7.11 Å². The van der Waals surface area contributed by atoms with Crippen LogP contribution in [0, 0.1) is 13.8 Å². The van der Waals surface area contributed by atoms with Gasteiger partial charge in [0.25, 0.3) is 5.91 Å². The van der Waals surface area contributed by atoms with E-state index in [0.717, 1.165) is 71.2 Å². The Morgan fingerprint density at radius 1 is 0.977 bits per heavy atom. The number of fused-ring (bicyclic) bond motifs is 3. The molecular formula is C33H37N7O4. The molecule has 44 heavy (non-hydrogen) atoms. The smallest absolute Gasteiger partial charge is 0.257 e. The molecule has 2 aromatic heterocycles. The quantitative estimate of drug-likeness (QED) is 0.310. The van der Waals surface area contributed by atoms with Crippen LogP contribution in [-0.4, -0.2) is 78.3 Å². The first kappa shape index (κ1) is 29.2. The summed E-state index contributed by atoms with van der Waals surface area (Å²) in [4.78, 5) is 39.0. The fourth-order valence-corrected chi connectivity index (χ4v) is 5.94. The van der Waals surface area contributed by atoms with E-state index < -0.39 is 0 Å². The van der Waals surface area contributed by atoms with Crippen molar-refractivity contribution in [1.29, 1.82) is 0 Å². The molecule has 0 bridgehead atoms. The summed E-state index contributed by atoms with van der Waals surface area (Å²) in [7, 11) is 3.17. The summed E-state index contributed by atoms with van der Waals surface area (Å²) in [5, 5.41) is 6.44. The molecule has 11 heteroatoms. The van der Waals surface area contributed by atoms with Gasteiger partial charge in [-0.3, -0.25) is 9.59 Å². The highest BCUT2D eigenvalue weighted by atomic mass is 16.5. The number of benzene rings is 2. The lowest BCUT2D eigenvalue weighted by atomic mass is 10.0. The molecule has 4 aromatic rings.